The van der Waals surface area contributed by atoms with Crippen molar-refractivity contribution < 1.29 is 24.2 Å². The number of hydrogen-bond acceptors (Lipinski definition) is 6. The molecule has 7 nitrogen and oxygen atoms in total. The van der Waals surface area contributed by atoms with E-state index in [-0.39, 0.29) is 17.2 Å². The summed E-state index contributed by atoms with van der Waals surface area (Å²) in [6.45, 7) is 8.27. The van der Waals surface area contributed by atoms with Gasteiger partial charge in [0.15, 0.2) is 0 Å². The van der Waals surface area contributed by atoms with E-state index in [1.807, 2.05) is 11.4 Å². The van der Waals surface area contributed by atoms with Crippen LogP contribution in [-0.4, -0.2) is 53.2 Å². The number of aliphatic carboxylic acids is 1. The minimum absolute atomic E-state index is 0.163. The van der Waals surface area contributed by atoms with E-state index in [1.165, 1.54) is 16.2 Å². The Labute approximate surface area is 192 Å². The van der Waals surface area contributed by atoms with Gasteiger partial charge >= 0.3 is 5.97 Å². The minimum Gasteiger partial charge on any atom is -0.496 e. The lowest BCUT2D eigenvalue weighted by Crippen LogP contribution is -2.54. The summed E-state index contributed by atoms with van der Waals surface area (Å²) in [7, 11) is 3.19. The SMILES string of the molecule is COCC12CC1C(C)(C(=O)O)N(C(=O)c1ccc(C(C)(C)C)c(OC)c1)C2c1nccs1. The Morgan fingerprint density at radius 2 is 2.03 bits per heavy atom. The van der Waals surface area contributed by atoms with Gasteiger partial charge in [0, 0.05) is 35.6 Å². The first-order chi connectivity index (χ1) is 15.0. The topological polar surface area (TPSA) is 89.0 Å². The molecule has 1 aliphatic heterocycles. The third-order valence-electron chi connectivity index (χ3n) is 7.11. The quantitative estimate of drug-likeness (QED) is 0.700. The first kappa shape index (κ1) is 22.7. The zero-order valence-corrected chi connectivity index (χ0v) is 20.2. The molecule has 1 saturated heterocycles. The third kappa shape index (κ3) is 3.15. The number of piperidine rings is 1. The Morgan fingerprint density at radius 1 is 1.31 bits per heavy atom. The molecule has 8 heteroatoms. The van der Waals surface area contributed by atoms with Crippen molar-refractivity contribution in [3.05, 3.63) is 45.9 Å². The summed E-state index contributed by atoms with van der Waals surface area (Å²) in [6, 6.07) is 4.91. The Morgan fingerprint density at radius 3 is 2.56 bits per heavy atom. The summed E-state index contributed by atoms with van der Waals surface area (Å²) in [5, 5.41) is 12.9. The first-order valence-corrected chi connectivity index (χ1v) is 11.5. The molecule has 4 unspecified atom stereocenters. The number of thiazole rings is 1. The predicted octanol–water partition coefficient (Wildman–Crippen LogP) is 4.14. The van der Waals surface area contributed by atoms with Gasteiger partial charge < -0.3 is 19.5 Å². The van der Waals surface area contributed by atoms with E-state index < -0.39 is 23.0 Å². The number of aromatic nitrogens is 1. The van der Waals surface area contributed by atoms with Crippen LogP contribution in [0, 0.1) is 11.3 Å². The number of benzene rings is 1. The third-order valence-corrected chi connectivity index (χ3v) is 7.93. The highest BCUT2D eigenvalue weighted by atomic mass is 32.1. The van der Waals surface area contributed by atoms with Gasteiger partial charge in [-0.3, -0.25) is 4.79 Å². The first-order valence-electron chi connectivity index (χ1n) is 10.7. The van der Waals surface area contributed by atoms with Gasteiger partial charge in [-0.05, 0) is 36.5 Å². The highest BCUT2D eigenvalue weighted by molar-refractivity contribution is 7.09. The summed E-state index contributed by atoms with van der Waals surface area (Å²) >= 11 is 1.44. The van der Waals surface area contributed by atoms with Crippen LogP contribution in [-0.2, 0) is 14.9 Å². The summed E-state index contributed by atoms with van der Waals surface area (Å²) < 4.78 is 11.1. The molecule has 1 N–H and O–H groups in total. The Hall–Kier alpha value is -2.45. The fraction of sp³-hybridized carbons (Fsp3) is 0.542. The van der Waals surface area contributed by atoms with E-state index in [0.717, 1.165) is 10.6 Å². The molecule has 0 bridgehead atoms. The summed E-state index contributed by atoms with van der Waals surface area (Å²) in [5.74, 6) is -0.939. The van der Waals surface area contributed by atoms with Crippen molar-refractivity contribution in [2.24, 2.45) is 11.3 Å². The van der Waals surface area contributed by atoms with Gasteiger partial charge in [-0.15, -0.1) is 11.3 Å². The molecular weight excluding hydrogens is 428 g/mol. The largest absolute Gasteiger partial charge is 0.496 e. The molecular formula is C24H30N2O5S. The van der Waals surface area contributed by atoms with Gasteiger partial charge in [-0.2, -0.15) is 0 Å². The van der Waals surface area contributed by atoms with Gasteiger partial charge in [0.25, 0.3) is 5.91 Å². The highest BCUT2D eigenvalue weighted by Gasteiger charge is 2.79. The summed E-state index contributed by atoms with van der Waals surface area (Å²) in [6.07, 6.45) is 2.38. The maximum atomic E-state index is 14.0. The molecule has 2 fully saturated rings. The molecule has 1 saturated carbocycles. The second-order valence-corrected chi connectivity index (χ2v) is 10.9. The molecule has 172 valence electrons. The molecule has 0 spiro atoms. The molecule has 0 radical (unpaired) electrons. The van der Waals surface area contributed by atoms with E-state index in [4.69, 9.17) is 9.47 Å². The maximum absolute atomic E-state index is 14.0. The van der Waals surface area contributed by atoms with Crippen LogP contribution in [0.15, 0.2) is 29.8 Å². The predicted molar refractivity (Wildman–Crippen MR) is 121 cm³/mol. The van der Waals surface area contributed by atoms with E-state index in [9.17, 15) is 14.7 Å². The standard InChI is InChI=1S/C24H30N2O5S/c1-22(2,3)15-8-7-14(11-16(15)31-6)20(27)26-18(19-25-9-10-32-19)24(13-30-5)12-17(24)23(26,4)21(28)29/h7-11,17-18H,12-13H2,1-6H3,(H,28,29). The number of rotatable bonds is 6. The van der Waals surface area contributed by atoms with Crippen LogP contribution in [0.2, 0.25) is 0 Å². The lowest BCUT2D eigenvalue weighted by atomic mass is 9.85. The number of nitrogens with zero attached hydrogens (tertiary/aromatic N) is 2. The Bertz CT molecular complexity index is 1050. The lowest BCUT2D eigenvalue weighted by Gasteiger charge is -2.39. The summed E-state index contributed by atoms with van der Waals surface area (Å²) in [5.41, 5.74) is -0.594. The molecule has 2 aliphatic rings. The monoisotopic (exact) mass is 458 g/mol. The van der Waals surface area contributed by atoms with Crippen molar-refractivity contribution >= 4 is 23.2 Å². The average Bonchev–Trinajstić information content (AvgIpc) is 3.12. The van der Waals surface area contributed by atoms with Crippen molar-refractivity contribution in [3.63, 3.8) is 0 Å². The molecule has 1 amide bonds. The van der Waals surface area contributed by atoms with Crippen LogP contribution in [0.1, 0.15) is 61.1 Å². The number of hydrogen-bond donors (Lipinski definition) is 1. The van der Waals surface area contributed by atoms with Crippen LogP contribution in [0.4, 0.5) is 0 Å². The molecule has 4 rings (SSSR count). The van der Waals surface area contributed by atoms with Gasteiger partial charge in [0.2, 0.25) is 0 Å². The van der Waals surface area contributed by atoms with Gasteiger partial charge in [0.05, 0.1) is 19.8 Å². The fourth-order valence-corrected chi connectivity index (χ4v) is 6.32. The van der Waals surface area contributed by atoms with Crippen molar-refractivity contribution in [1.29, 1.82) is 0 Å². The van der Waals surface area contributed by atoms with Gasteiger partial charge in [-0.25, -0.2) is 9.78 Å². The fourth-order valence-electron chi connectivity index (χ4n) is 5.47. The molecule has 1 aromatic heterocycles. The van der Waals surface area contributed by atoms with Crippen molar-refractivity contribution in [2.45, 2.75) is 51.1 Å². The zero-order chi connectivity index (χ0) is 23.5. The number of methoxy groups -OCH3 is 2. The smallest absolute Gasteiger partial charge is 0.329 e. The van der Waals surface area contributed by atoms with E-state index in [0.29, 0.717) is 24.3 Å². The molecule has 32 heavy (non-hydrogen) atoms. The number of likely N-dealkylation sites (tertiary alicyclic amines) is 1. The number of amides is 1. The number of fused-ring (bicyclic) bond motifs is 1. The van der Waals surface area contributed by atoms with Crippen LogP contribution in [0.3, 0.4) is 0 Å². The maximum Gasteiger partial charge on any atom is 0.329 e. The second-order valence-electron chi connectivity index (χ2n) is 9.99. The van der Waals surface area contributed by atoms with Gasteiger partial charge in [-0.1, -0.05) is 26.8 Å². The van der Waals surface area contributed by atoms with E-state index >= 15 is 0 Å². The Kier molecular flexibility index (Phi) is 5.37. The number of carboxylic acid groups (broad SMARTS) is 1. The summed E-state index contributed by atoms with van der Waals surface area (Å²) in [4.78, 5) is 32.6. The number of carbonyl (C=O) groups is 2. The zero-order valence-electron chi connectivity index (χ0n) is 19.3. The molecule has 2 aromatic rings. The van der Waals surface area contributed by atoms with Crippen molar-refractivity contribution in [1.82, 2.24) is 9.88 Å². The molecule has 1 aliphatic carbocycles. The highest BCUT2D eigenvalue weighted by Crippen LogP contribution is 2.74. The van der Waals surface area contributed by atoms with Crippen molar-refractivity contribution in [2.75, 3.05) is 20.8 Å². The normalized spacial score (nSPS) is 29.0. The molecule has 2 heterocycles. The van der Waals surface area contributed by atoms with E-state index in [1.54, 1.807) is 39.5 Å². The number of carboxylic acids is 1. The van der Waals surface area contributed by atoms with Crippen LogP contribution < -0.4 is 4.74 Å². The second kappa shape index (κ2) is 7.56. The molecule has 1 aromatic carbocycles. The van der Waals surface area contributed by atoms with Crippen LogP contribution in [0.5, 0.6) is 5.75 Å². The van der Waals surface area contributed by atoms with Gasteiger partial charge in [0.1, 0.15) is 16.3 Å². The Balaban J connectivity index is 1.84. The molecule has 4 atom stereocenters. The van der Waals surface area contributed by atoms with E-state index in [2.05, 4.69) is 25.8 Å². The number of carbonyl (C=O) groups excluding carboxylic acids is 1. The number of ether oxygens (including phenoxy) is 2. The van der Waals surface area contributed by atoms with Crippen LogP contribution in [0.25, 0.3) is 0 Å². The lowest BCUT2D eigenvalue weighted by molar-refractivity contribution is -0.149. The van der Waals surface area contributed by atoms with Crippen molar-refractivity contribution in [3.8, 4) is 5.75 Å². The minimum atomic E-state index is -1.36. The van der Waals surface area contributed by atoms with Crippen LogP contribution >= 0.6 is 11.3 Å². The average molecular weight is 459 g/mol.